The molecule has 0 amide bonds. The predicted molar refractivity (Wildman–Crippen MR) is 71.5 cm³/mol. The van der Waals surface area contributed by atoms with Crippen molar-refractivity contribution in [1.29, 1.82) is 0 Å². The van der Waals surface area contributed by atoms with Crippen LogP contribution in [0.4, 0.5) is 5.69 Å². The third-order valence-corrected chi connectivity index (χ3v) is 3.48. The number of hydrogen-bond donors (Lipinski definition) is 1. The summed E-state index contributed by atoms with van der Waals surface area (Å²) in [4.78, 5) is 4.04. The Hall–Kier alpha value is -0.470. The Morgan fingerprint density at radius 1 is 1.38 bits per heavy atom. The molecule has 2 atom stereocenters. The first-order chi connectivity index (χ1) is 7.45. The minimum Gasteiger partial charge on any atom is -0.380 e. The minimum atomic E-state index is 0.365. The Balaban J connectivity index is 2.89. The number of anilines is 1. The molecule has 0 spiro atoms. The highest BCUT2D eigenvalue weighted by Crippen LogP contribution is 2.28. The van der Waals surface area contributed by atoms with Gasteiger partial charge in [0, 0.05) is 6.04 Å². The van der Waals surface area contributed by atoms with Crippen molar-refractivity contribution >= 4 is 28.9 Å². The van der Waals surface area contributed by atoms with E-state index in [2.05, 4.69) is 31.1 Å². The maximum atomic E-state index is 6.07. The molecular weight excluding hydrogens is 243 g/mol. The van der Waals surface area contributed by atoms with Gasteiger partial charge in [0.2, 0.25) is 0 Å². The fourth-order valence-electron chi connectivity index (χ4n) is 1.49. The summed E-state index contributed by atoms with van der Waals surface area (Å²) >= 11 is 11.9. The van der Waals surface area contributed by atoms with Crippen molar-refractivity contribution in [3.63, 3.8) is 0 Å². The second kappa shape index (κ2) is 5.74. The van der Waals surface area contributed by atoms with Crippen molar-refractivity contribution < 1.29 is 0 Å². The van der Waals surface area contributed by atoms with Gasteiger partial charge < -0.3 is 5.32 Å². The molecule has 0 aliphatic rings. The Morgan fingerprint density at radius 2 is 2.00 bits per heavy atom. The second-order valence-electron chi connectivity index (χ2n) is 4.25. The molecule has 0 aliphatic heterocycles. The smallest absolute Gasteiger partial charge is 0.154 e. The summed E-state index contributed by atoms with van der Waals surface area (Å²) in [5.41, 5.74) is 1.92. The van der Waals surface area contributed by atoms with Gasteiger partial charge in [0.1, 0.15) is 5.15 Å². The number of hydrogen-bond acceptors (Lipinski definition) is 2. The summed E-state index contributed by atoms with van der Waals surface area (Å²) in [5, 5.41) is 4.28. The summed E-state index contributed by atoms with van der Waals surface area (Å²) in [6.07, 6.45) is 1.13. The van der Waals surface area contributed by atoms with Crippen LogP contribution in [0, 0.1) is 12.8 Å². The molecule has 1 aromatic rings. The van der Waals surface area contributed by atoms with Crippen molar-refractivity contribution in [3.05, 3.63) is 21.9 Å². The van der Waals surface area contributed by atoms with Gasteiger partial charge in [-0.2, -0.15) is 0 Å². The van der Waals surface area contributed by atoms with Crippen molar-refractivity contribution in [1.82, 2.24) is 4.98 Å². The number of halogens is 2. The largest absolute Gasteiger partial charge is 0.380 e. The van der Waals surface area contributed by atoms with Crippen molar-refractivity contribution in [3.8, 4) is 0 Å². The van der Waals surface area contributed by atoms with Gasteiger partial charge >= 0.3 is 0 Å². The van der Waals surface area contributed by atoms with Crippen molar-refractivity contribution in [2.45, 2.75) is 40.2 Å². The van der Waals surface area contributed by atoms with E-state index in [1.807, 2.05) is 13.0 Å². The van der Waals surface area contributed by atoms with Crippen LogP contribution < -0.4 is 5.32 Å². The Kier molecular flexibility index (Phi) is 4.88. The molecule has 4 heteroatoms. The van der Waals surface area contributed by atoms with Crippen molar-refractivity contribution in [2.75, 3.05) is 5.32 Å². The highest BCUT2D eigenvalue weighted by Gasteiger charge is 2.14. The number of nitrogens with zero attached hydrogens (tertiary/aromatic N) is 1. The van der Waals surface area contributed by atoms with Gasteiger partial charge in [0.15, 0.2) is 5.15 Å². The molecule has 0 bridgehead atoms. The molecule has 1 aromatic heterocycles. The third-order valence-electron chi connectivity index (χ3n) is 3.01. The molecule has 0 saturated carbocycles. The van der Waals surface area contributed by atoms with E-state index >= 15 is 0 Å². The molecule has 0 aromatic carbocycles. The normalized spacial score (nSPS) is 14.6. The van der Waals surface area contributed by atoms with Crippen LogP contribution in [0.2, 0.25) is 10.3 Å². The zero-order chi connectivity index (χ0) is 12.3. The number of aryl methyl sites for hydroxylation is 1. The second-order valence-corrected chi connectivity index (χ2v) is 4.99. The van der Waals surface area contributed by atoms with Gasteiger partial charge in [-0.15, -0.1) is 0 Å². The highest BCUT2D eigenvalue weighted by molar-refractivity contribution is 6.34. The molecule has 90 valence electrons. The quantitative estimate of drug-likeness (QED) is 0.804. The molecule has 2 unspecified atom stereocenters. The van der Waals surface area contributed by atoms with E-state index in [4.69, 9.17) is 23.2 Å². The van der Waals surface area contributed by atoms with Crippen LogP contribution in [0.3, 0.4) is 0 Å². The van der Waals surface area contributed by atoms with Crippen LogP contribution >= 0.6 is 23.2 Å². The van der Waals surface area contributed by atoms with E-state index < -0.39 is 0 Å². The molecular formula is C12H18Cl2N2. The zero-order valence-corrected chi connectivity index (χ0v) is 11.7. The van der Waals surface area contributed by atoms with E-state index in [9.17, 15) is 0 Å². The van der Waals surface area contributed by atoms with Crippen LogP contribution in [0.1, 0.15) is 32.8 Å². The minimum absolute atomic E-state index is 0.365. The average molecular weight is 261 g/mol. The van der Waals surface area contributed by atoms with Gasteiger partial charge in [-0.3, -0.25) is 0 Å². The standard InChI is InChI=1S/C12H18Cl2N2/c1-5-7(2)9(4)15-11-8(3)6-10(13)16-12(11)14/h6-7,9,15H,5H2,1-4H3. The Labute approximate surface area is 107 Å². The highest BCUT2D eigenvalue weighted by atomic mass is 35.5. The molecule has 0 saturated heterocycles. The first-order valence-electron chi connectivity index (χ1n) is 5.54. The van der Waals surface area contributed by atoms with Crippen LogP contribution in [0.15, 0.2) is 6.07 Å². The third kappa shape index (κ3) is 3.26. The van der Waals surface area contributed by atoms with Gasteiger partial charge in [-0.1, -0.05) is 43.5 Å². The molecule has 1 rings (SSSR count). The Bertz CT molecular complexity index is 343. The average Bonchev–Trinajstić information content (AvgIpc) is 2.21. The molecule has 1 heterocycles. The summed E-state index contributed by atoms with van der Waals surface area (Å²) in [7, 11) is 0. The summed E-state index contributed by atoms with van der Waals surface area (Å²) in [5.74, 6) is 0.589. The molecule has 0 aliphatic carbocycles. The van der Waals surface area contributed by atoms with E-state index in [1.165, 1.54) is 0 Å². The van der Waals surface area contributed by atoms with Crippen LogP contribution in [-0.2, 0) is 0 Å². The fraction of sp³-hybridized carbons (Fsp3) is 0.583. The molecule has 0 radical (unpaired) electrons. The lowest BCUT2D eigenvalue weighted by atomic mass is 10.0. The van der Waals surface area contributed by atoms with Gasteiger partial charge in [-0.05, 0) is 31.4 Å². The lowest BCUT2D eigenvalue weighted by Gasteiger charge is -2.22. The van der Waals surface area contributed by atoms with E-state index in [1.54, 1.807) is 0 Å². The van der Waals surface area contributed by atoms with Crippen LogP contribution in [0.25, 0.3) is 0 Å². The van der Waals surface area contributed by atoms with E-state index in [0.717, 1.165) is 17.7 Å². The van der Waals surface area contributed by atoms with Gasteiger partial charge in [-0.25, -0.2) is 4.98 Å². The van der Waals surface area contributed by atoms with Gasteiger partial charge in [0.25, 0.3) is 0 Å². The van der Waals surface area contributed by atoms with Crippen molar-refractivity contribution in [2.24, 2.45) is 5.92 Å². The lowest BCUT2D eigenvalue weighted by molar-refractivity contribution is 0.494. The van der Waals surface area contributed by atoms with E-state index in [0.29, 0.717) is 22.3 Å². The Morgan fingerprint density at radius 3 is 2.50 bits per heavy atom. The zero-order valence-electron chi connectivity index (χ0n) is 10.1. The number of rotatable bonds is 4. The summed E-state index contributed by atoms with van der Waals surface area (Å²) in [6, 6.07) is 2.18. The molecule has 1 N–H and O–H groups in total. The number of aromatic nitrogens is 1. The first kappa shape index (κ1) is 13.6. The monoisotopic (exact) mass is 260 g/mol. The summed E-state index contributed by atoms with van der Waals surface area (Å²) < 4.78 is 0. The van der Waals surface area contributed by atoms with Crippen LogP contribution in [0.5, 0.6) is 0 Å². The van der Waals surface area contributed by atoms with Crippen LogP contribution in [-0.4, -0.2) is 11.0 Å². The first-order valence-corrected chi connectivity index (χ1v) is 6.30. The maximum absolute atomic E-state index is 6.07. The predicted octanol–water partition coefficient (Wildman–Crippen LogP) is 4.54. The number of nitrogens with one attached hydrogen (secondary N) is 1. The summed E-state index contributed by atoms with van der Waals surface area (Å²) in [6.45, 7) is 8.52. The fourth-order valence-corrected chi connectivity index (χ4v) is 2.08. The molecule has 0 fully saturated rings. The molecule has 2 nitrogen and oxygen atoms in total. The van der Waals surface area contributed by atoms with E-state index in [-0.39, 0.29) is 0 Å². The SMILES string of the molecule is CCC(C)C(C)Nc1c(C)cc(Cl)nc1Cl. The molecule has 16 heavy (non-hydrogen) atoms. The van der Waals surface area contributed by atoms with Gasteiger partial charge in [0.05, 0.1) is 5.69 Å². The lowest BCUT2D eigenvalue weighted by Crippen LogP contribution is -2.24. The maximum Gasteiger partial charge on any atom is 0.154 e. The topological polar surface area (TPSA) is 24.9 Å². The number of pyridine rings is 1.